The van der Waals surface area contributed by atoms with Crippen LogP contribution in [-0.4, -0.2) is 53.9 Å². The lowest BCUT2D eigenvalue weighted by Crippen LogP contribution is -2.65. The van der Waals surface area contributed by atoms with Gasteiger partial charge in [0.25, 0.3) is 0 Å². The van der Waals surface area contributed by atoms with Crippen molar-refractivity contribution in [2.75, 3.05) is 31.2 Å². The van der Waals surface area contributed by atoms with E-state index in [0.717, 1.165) is 24.2 Å². The van der Waals surface area contributed by atoms with Crippen molar-refractivity contribution < 1.29 is 24.5 Å². The van der Waals surface area contributed by atoms with Crippen LogP contribution in [0.2, 0.25) is 0 Å². The normalized spacial score (nSPS) is 21.7. The van der Waals surface area contributed by atoms with Gasteiger partial charge in [-0.05, 0) is 44.0 Å². The van der Waals surface area contributed by atoms with Crippen LogP contribution in [0.3, 0.4) is 0 Å². The number of hydrogen-bond donors (Lipinski definition) is 3. The first-order valence-electron chi connectivity index (χ1n) is 7.65. The van der Waals surface area contributed by atoms with Gasteiger partial charge in [0.05, 0.1) is 13.2 Å². The zero-order valence-electron chi connectivity index (χ0n) is 13.3. The zero-order valence-corrected chi connectivity index (χ0v) is 13.3. The van der Waals surface area contributed by atoms with Crippen LogP contribution in [0.5, 0.6) is 5.75 Å². The van der Waals surface area contributed by atoms with Crippen molar-refractivity contribution in [3.8, 4) is 5.75 Å². The highest BCUT2D eigenvalue weighted by Crippen LogP contribution is 2.33. The van der Waals surface area contributed by atoms with E-state index in [1.807, 2.05) is 19.9 Å². The van der Waals surface area contributed by atoms with Crippen LogP contribution in [0.4, 0.5) is 10.5 Å². The van der Waals surface area contributed by atoms with Crippen LogP contribution in [0, 0.1) is 0 Å². The number of fused-ring (bicyclic) bond motifs is 1. The lowest BCUT2D eigenvalue weighted by molar-refractivity contribution is -0.268. The van der Waals surface area contributed by atoms with Gasteiger partial charge in [-0.15, -0.1) is 0 Å². The maximum absolute atomic E-state index is 11.2. The summed E-state index contributed by atoms with van der Waals surface area (Å²) in [7, 11) is 0. The number of hydrogen-bond acceptors (Lipinski definition) is 5. The fourth-order valence-electron chi connectivity index (χ4n) is 3.12. The number of carboxylic acid groups (broad SMARTS) is 1. The van der Waals surface area contributed by atoms with Crippen molar-refractivity contribution in [1.29, 1.82) is 0 Å². The van der Waals surface area contributed by atoms with Crippen LogP contribution in [-0.2, 0) is 15.9 Å². The number of benzene rings is 1. The first-order valence-corrected chi connectivity index (χ1v) is 7.65. The second kappa shape index (κ2) is 5.58. The highest BCUT2D eigenvalue weighted by Gasteiger charge is 2.43. The first-order chi connectivity index (χ1) is 10.8. The third kappa shape index (κ3) is 3.35. The van der Waals surface area contributed by atoms with Crippen molar-refractivity contribution in [3.63, 3.8) is 0 Å². The molecule has 7 nitrogen and oxygen atoms in total. The molecule has 0 spiro atoms. The Morgan fingerprint density at radius 3 is 2.70 bits per heavy atom. The fourth-order valence-corrected chi connectivity index (χ4v) is 3.12. The number of nitrogens with zero attached hydrogens (tertiary/aromatic N) is 1. The molecule has 1 fully saturated rings. The highest BCUT2D eigenvalue weighted by atomic mass is 16.7. The van der Waals surface area contributed by atoms with Crippen LogP contribution in [0.15, 0.2) is 18.2 Å². The summed E-state index contributed by atoms with van der Waals surface area (Å²) in [5, 5.41) is 21.4. The second-order valence-corrected chi connectivity index (χ2v) is 6.67. The van der Waals surface area contributed by atoms with Gasteiger partial charge in [-0.2, -0.15) is 0 Å². The zero-order chi connectivity index (χ0) is 16.7. The summed E-state index contributed by atoms with van der Waals surface area (Å²) >= 11 is 0. The third-order valence-electron chi connectivity index (χ3n) is 4.31. The molecule has 0 atom stereocenters. The molecule has 1 aromatic carbocycles. The van der Waals surface area contributed by atoms with Crippen LogP contribution < -0.4 is 10.2 Å². The molecule has 0 aromatic heterocycles. The number of amides is 1. The maximum atomic E-state index is 11.2. The smallest absolute Gasteiger partial charge is 0.405 e. The molecule has 1 saturated heterocycles. The minimum absolute atomic E-state index is 0.245. The van der Waals surface area contributed by atoms with Crippen molar-refractivity contribution >= 4 is 11.8 Å². The Morgan fingerprint density at radius 2 is 2.04 bits per heavy atom. The van der Waals surface area contributed by atoms with Gasteiger partial charge in [0.2, 0.25) is 0 Å². The van der Waals surface area contributed by atoms with Crippen molar-refractivity contribution in [2.45, 2.75) is 31.6 Å². The lowest BCUT2D eigenvalue weighted by atomic mass is 9.99. The molecule has 23 heavy (non-hydrogen) atoms. The van der Waals surface area contributed by atoms with Gasteiger partial charge in [-0.3, -0.25) is 0 Å². The molecular formula is C16H22N2O5. The Bertz CT molecular complexity index is 606. The quantitative estimate of drug-likeness (QED) is 0.782. The SMILES string of the molecule is CC1(C)OCC(CN2CCc3cc(O)ccc32)(NC(=O)O)CO1. The van der Waals surface area contributed by atoms with E-state index in [1.165, 1.54) is 0 Å². The standard InChI is InChI=1S/C16H22N2O5/c1-15(2)22-9-16(10-23-15,17-14(20)21)8-18-6-5-11-7-12(19)3-4-13(11)18/h3-4,7,17,19H,5-6,8-10H2,1-2H3,(H,20,21). The number of phenols is 1. The van der Waals surface area contributed by atoms with Crippen LogP contribution in [0.25, 0.3) is 0 Å². The third-order valence-corrected chi connectivity index (χ3v) is 4.31. The Labute approximate surface area is 134 Å². The first kappa shape index (κ1) is 15.9. The predicted octanol–water partition coefficient (Wildman–Crippen LogP) is 1.54. The van der Waals surface area contributed by atoms with Gasteiger partial charge in [-0.1, -0.05) is 0 Å². The largest absolute Gasteiger partial charge is 0.508 e. The minimum Gasteiger partial charge on any atom is -0.508 e. The summed E-state index contributed by atoms with van der Waals surface area (Å²) in [6, 6.07) is 5.26. The molecule has 1 amide bonds. The number of anilines is 1. The van der Waals surface area contributed by atoms with Crippen molar-refractivity contribution in [1.82, 2.24) is 5.32 Å². The monoisotopic (exact) mass is 322 g/mol. The van der Waals surface area contributed by atoms with Gasteiger partial charge < -0.3 is 29.9 Å². The van der Waals surface area contributed by atoms with E-state index >= 15 is 0 Å². The molecule has 2 aliphatic rings. The van der Waals surface area contributed by atoms with Gasteiger partial charge in [0, 0.05) is 18.8 Å². The Kier molecular flexibility index (Phi) is 3.85. The summed E-state index contributed by atoms with van der Waals surface area (Å²) in [5.41, 5.74) is 1.26. The molecule has 3 N–H and O–H groups in total. The number of rotatable bonds is 3. The van der Waals surface area contributed by atoms with E-state index in [4.69, 9.17) is 9.47 Å². The number of aromatic hydroxyl groups is 1. The maximum Gasteiger partial charge on any atom is 0.405 e. The average molecular weight is 322 g/mol. The van der Waals surface area contributed by atoms with Crippen LogP contribution in [0.1, 0.15) is 19.4 Å². The number of ether oxygens (including phenoxy) is 2. The van der Waals surface area contributed by atoms with E-state index in [0.29, 0.717) is 6.54 Å². The molecule has 7 heteroatoms. The summed E-state index contributed by atoms with van der Waals surface area (Å²) < 4.78 is 11.4. The molecule has 0 radical (unpaired) electrons. The number of nitrogens with one attached hydrogen (secondary N) is 1. The van der Waals surface area contributed by atoms with E-state index in [1.54, 1.807) is 12.1 Å². The van der Waals surface area contributed by atoms with Crippen molar-refractivity contribution in [3.05, 3.63) is 23.8 Å². The van der Waals surface area contributed by atoms with Gasteiger partial charge in [0.1, 0.15) is 11.3 Å². The summed E-state index contributed by atoms with van der Waals surface area (Å²) in [4.78, 5) is 13.3. The molecule has 0 bridgehead atoms. The summed E-state index contributed by atoms with van der Waals surface area (Å²) in [6.45, 7) is 5.34. The van der Waals surface area contributed by atoms with Gasteiger partial charge in [-0.25, -0.2) is 4.79 Å². The molecule has 0 aliphatic carbocycles. The van der Waals surface area contributed by atoms with E-state index in [9.17, 15) is 15.0 Å². The Morgan fingerprint density at radius 1 is 1.35 bits per heavy atom. The number of carbonyl (C=O) groups is 1. The molecular weight excluding hydrogens is 300 g/mol. The highest BCUT2D eigenvalue weighted by molar-refractivity contribution is 5.66. The minimum atomic E-state index is -1.10. The van der Waals surface area contributed by atoms with E-state index < -0.39 is 17.4 Å². The molecule has 3 rings (SSSR count). The Hall–Kier alpha value is -1.99. The van der Waals surface area contributed by atoms with E-state index in [-0.39, 0.29) is 19.0 Å². The molecule has 126 valence electrons. The second-order valence-electron chi connectivity index (χ2n) is 6.67. The molecule has 1 aromatic rings. The van der Waals surface area contributed by atoms with Crippen LogP contribution >= 0.6 is 0 Å². The molecule has 0 unspecified atom stereocenters. The predicted molar refractivity (Wildman–Crippen MR) is 83.9 cm³/mol. The number of phenolic OH excluding ortho intramolecular Hbond substituents is 1. The molecule has 2 heterocycles. The van der Waals surface area contributed by atoms with Gasteiger partial charge >= 0.3 is 6.09 Å². The Balaban J connectivity index is 1.80. The van der Waals surface area contributed by atoms with Crippen molar-refractivity contribution in [2.24, 2.45) is 0 Å². The summed E-state index contributed by atoms with van der Waals surface area (Å²) in [6.07, 6.45) is -0.276. The van der Waals surface area contributed by atoms with Gasteiger partial charge in [0.15, 0.2) is 5.79 Å². The topological polar surface area (TPSA) is 91.3 Å². The fraction of sp³-hybridized carbons (Fsp3) is 0.562. The molecule has 2 aliphatic heterocycles. The molecule has 0 saturated carbocycles. The van der Waals surface area contributed by atoms with E-state index in [2.05, 4.69) is 10.2 Å². The summed E-state index contributed by atoms with van der Waals surface area (Å²) in [5.74, 6) is -0.465. The average Bonchev–Trinajstić information content (AvgIpc) is 2.84. The lowest BCUT2D eigenvalue weighted by Gasteiger charge is -2.45.